The van der Waals surface area contributed by atoms with Crippen LogP contribution in [0.15, 0.2) is 28.8 Å². The van der Waals surface area contributed by atoms with Crippen LogP contribution in [0.2, 0.25) is 0 Å². The SMILES string of the molecule is OCc1ccccc1OCc1nc(C2CCCC2)no1. The summed E-state index contributed by atoms with van der Waals surface area (Å²) in [4.78, 5) is 4.40. The van der Waals surface area contributed by atoms with Crippen molar-refractivity contribution in [3.05, 3.63) is 41.5 Å². The van der Waals surface area contributed by atoms with Crippen LogP contribution in [0.5, 0.6) is 5.75 Å². The highest BCUT2D eigenvalue weighted by atomic mass is 16.5. The van der Waals surface area contributed by atoms with E-state index in [1.54, 1.807) is 0 Å². The van der Waals surface area contributed by atoms with Crippen LogP contribution in [0.25, 0.3) is 0 Å². The van der Waals surface area contributed by atoms with Gasteiger partial charge in [-0.15, -0.1) is 0 Å². The molecule has 0 saturated heterocycles. The van der Waals surface area contributed by atoms with E-state index in [9.17, 15) is 5.11 Å². The highest BCUT2D eigenvalue weighted by Crippen LogP contribution is 2.32. The van der Waals surface area contributed by atoms with Gasteiger partial charge in [0.2, 0.25) is 0 Å². The summed E-state index contributed by atoms with van der Waals surface area (Å²) in [6.45, 7) is 0.185. The van der Waals surface area contributed by atoms with E-state index in [2.05, 4.69) is 10.1 Å². The van der Waals surface area contributed by atoms with Gasteiger partial charge in [0.05, 0.1) is 6.61 Å². The van der Waals surface area contributed by atoms with Gasteiger partial charge in [0, 0.05) is 11.5 Å². The number of rotatable bonds is 5. The van der Waals surface area contributed by atoms with Gasteiger partial charge in [0.15, 0.2) is 12.4 Å². The van der Waals surface area contributed by atoms with Crippen molar-refractivity contribution in [2.24, 2.45) is 0 Å². The van der Waals surface area contributed by atoms with Crippen LogP contribution in [-0.4, -0.2) is 15.2 Å². The molecule has 1 aromatic carbocycles. The number of para-hydroxylation sites is 1. The predicted octanol–water partition coefficient (Wildman–Crippen LogP) is 2.80. The molecular formula is C15H18N2O3. The third kappa shape index (κ3) is 2.82. The van der Waals surface area contributed by atoms with E-state index in [4.69, 9.17) is 9.26 Å². The molecule has 2 aromatic rings. The highest BCUT2D eigenvalue weighted by molar-refractivity contribution is 5.32. The number of ether oxygens (including phenoxy) is 1. The van der Waals surface area contributed by atoms with Crippen LogP contribution in [0.1, 0.15) is 48.9 Å². The third-order valence-electron chi connectivity index (χ3n) is 3.70. The molecule has 0 amide bonds. The van der Waals surface area contributed by atoms with Crippen molar-refractivity contribution in [2.75, 3.05) is 0 Å². The van der Waals surface area contributed by atoms with Crippen molar-refractivity contribution in [3.8, 4) is 5.75 Å². The second-order valence-corrected chi connectivity index (χ2v) is 5.08. The molecule has 1 heterocycles. The van der Waals surface area contributed by atoms with Crippen LogP contribution in [0.4, 0.5) is 0 Å². The number of benzene rings is 1. The fraction of sp³-hybridized carbons (Fsp3) is 0.467. The quantitative estimate of drug-likeness (QED) is 0.908. The average molecular weight is 274 g/mol. The zero-order chi connectivity index (χ0) is 13.8. The summed E-state index contributed by atoms with van der Waals surface area (Å²) in [5, 5.41) is 13.3. The molecule has 5 heteroatoms. The molecule has 0 bridgehead atoms. The minimum absolute atomic E-state index is 0.0483. The summed E-state index contributed by atoms with van der Waals surface area (Å²) in [6, 6.07) is 7.38. The van der Waals surface area contributed by atoms with Crippen LogP contribution in [-0.2, 0) is 13.2 Å². The normalized spacial score (nSPS) is 15.7. The van der Waals surface area contributed by atoms with Gasteiger partial charge >= 0.3 is 0 Å². The molecule has 1 N–H and O–H groups in total. The predicted molar refractivity (Wildman–Crippen MR) is 72.2 cm³/mol. The number of hydrogen-bond acceptors (Lipinski definition) is 5. The van der Waals surface area contributed by atoms with Gasteiger partial charge in [-0.05, 0) is 18.9 Å². The molecule has 3 rings (SSSR count). The van der Waals surface area contributed by atoms with Crippen LogP contribution in [0.3, 0.4) is 0 Å². The first-order chi connectivity index (χ1) is 9.86. The second kappa shape index (κ2) is 6.05. The van der Waals surface area contributed by atoms with Gasteiger partial charge in [-0.3, -0.25) is 0 Å². The monoisotopic (exact) mass is 274 g/mol. The first kappa shape index (κ1) is 13.1. The summed E-state index contributed by atoms with van der Waals surface area (Å²) in [5.74, 6) is 2.38. The molecule has 106 valence electrons. The van der Waals surface area contributed by atoms with Crippen molar-refractivity contribution >= 4 is 0 Å². The van der Waals surface area contributed by atoms with Crippen molar-refractivity contribution in [2.45, 2.75) is 44.8 Å². The maximum absolute atomic E-state index is 9.23. The van der Waals surface area contributed by atoms with E-state index < -0.39 is 0 Å². The van der Waals surface area contributed by atoms with E-state index in [1.807, 2.05) is 24.3 Å². The molecule has 5 nitrogen and oxygen atoms in total. The Hall–Kier alpha value is -1.88. The average Bonchev–Trinajstić information content (AvgIpc) is 3.16. The van der Waals surface area contributed by atoms with E-state index in [0.29, 0.717) is 17.6 Å². The molecule has 1 fully saturated rings. The highest BCUT2D eigenvalue weighted by Gasteiger charge is 2.22. The fourth-order valence-electron chi connectivity index (χ4n) is 2.59. The molecule has 0 radical (unpaired) electrons. The molecule has 20 heavy (non-hydrogen) atoms. The molecule has 1 aliphatic carbocycles. The summed E-state index contributed by atoms with van der Waals surface area (Å²) in [6.07, 6.45) is 4.78. The summed E-state index contributed by atoms with van der Waals surface area (Å²) >= 11 is 0. The maximum Gasteiger partial charge on any atom is 0.264 e. The van der Waals surface area contributed by atoms with E-state index in [-0.39, 0.29) is 13.2 Å². The third-order valence-corrected chi connectivity index (χ3v) is 3.70. The smallest absolute Gasteiger partial charge is 0.264 e. The summed E-state index contributed by atoms with van der Waals surface area (Å²) in [7, 11) is 0. The topological polar surface area (TPSA) is 68.4 Å². The fourth-order valence-corrected chi connectivity index (χ4v) is 2.59. The van der Waals surface area contributed by atoms with Gasteiger partial charge in [0.25, 0.3) is 5.89 Å². The number of aromatic nitrogens is 2. The summed E-state index contributed by atoms with van der Waals surface area (Å²) in [5.41, 5.74) is 0.753. The molecule has 1 aliphatic rings. The number of aliphatic hydroxyl groups excluding tert-OH is 1. The van der Waals surface area contributed by atoms with E-state index in [1.165, 1.54) is 12.8 Å². The van der Waals surface area contributed by atoms with Crippen LogP contribution in [0, 0.1) is 0 Å². The Kier molecular flexibility index (Phi) is 3.97. The molecule has 0 spiro atoms. The molecule has 0 atom stereocenters. The standard InChI is InChI=1S/C15H18N2O3/c18-9-12-7-3-4-8-13(12)19-10-14-16-15(17-20-14)11-5-1-2-6-11/h3-4,7-8,11,18H,1-2,5-6,9-10H2. The lowest BCUT2D eigenvalue weighted by Gasteiger charge is -2.07. The number of hydrogen-bond donors (Lipinski definition) is 1. The van der Waals surface area contributed by atoms with E-state index in [0.717, 1.165) is 24.2 Å². The van der Waals surface area contributed by atoms with Crippen LogP contribution >= 0.6 is 0 Å². The van der Waals surface area contributed by atoms with Crippen molar-refractivity contribution in [3.63, 3.8) is 0 Å². The minimum Gasteiger partial charge on any atom is -0.483 e. The van der Waals surface area contributed by atoms with Crippen molar-refractivity contribution in [1.82, 2.24) is 10.1 Å². The lowest BCUT2D eigenvalue weighted by molar-refractivity contribution is 0.228. The Balaban J connectivity index is 1.63. The first-order valence-electron chi connectivity index (χ1n) is 7.01. The molecule has 0 unspecified atom stereocenters. The van der Waals surface area contributed by atoms with E-state index >= 15 is 0 Å². The molecule has 0 aliphatic heterocycles. The summed E-state index contributed by atoms with van der Waals surface area (Å²) < 4.78 is 10.9. The molecule has 1 saturated carbocycles. The van der Waals surface area contributed by atoms with Crippen LogP contribution < -0.4 is 4.74 Å². The van der Waals surface area contributed by atoms with Crippen molar-refractivity contribution < 1.29 is 14.4 Å². The van der Waals surface area contributed by atoms with Gasteiger partial charge in [0.1, 0.15) is 5.75 Å². The van der Waals surface area contributed by atoms with Gasteiger partial charge < -0.3 is 14.4 Å². The largest absolute Gasteiger partial charge is 0.483 e. The first-order valence-corrected chi connectivity index (χ1v) is 7.01. The number of nitrogens with zero attached hydrogens (tertiary/aromatic N) is 2. The Morgan fingerprint density at radius 2 is 2.05 bits per heavy atom. The van der Waals surface area contributed by atoms with Gasteiger partial charge in [-0.2, -0.15) is 4.98 Å². The minimum atomic E-state index is -0.0483. The lowest BCUT2D eigenvalue weighted by Crippen LogP contribution is -2.00. The zero-order valence-electron chi connectivity index (χ0n) is 11.3. The van der Waals surface area contributed by atoms with Gasteiger partial charge in [-0.25, -0.2) is 0 Å². The Bertz CT molecular complexity index is 562. The lowest BCUT2D eigenvalue weighted by atomic mass is 10.1. The number of aliphatic hydroxyl groups is 1. The van der Waals surface area contributed by atoms with Gasteiger partial charge in [-0.1, -0.05) is 36.2 Å². The second-order valence-electron chi connectivity index (χ2n) is 5.08. The Morgan fingerprint density at radius 1 is 1.25 bits per heavy atom. The Morgan fingerprint density at radius 3 is 2.85 bits per heavy atom. The molecule has 1 aromatic heterocycles. The van der Waals surface area contributed by atoms with Crippen molar-refractivity contribution in [1.29, 1.82) is 0 Å². The maximum atomic E-state index is 9.23. The molecular weight excluding hydrogens is 256 g/mol. The Labute approximate surface area is 117 Å². The zero-order valence-corrected chi connectivity index (χ0v) is 11.3.